The molecule has 0 unspecified atom stereocenters. The highest BCUT2D eigenvalue weighted by Gasteiger charge is 2.17. The van der Waals surface area contributed by atoms with Crippen LogP contribution in [-0.2, 0) is 11.3 Å². The number of amides is 1. The van der Waals surface area contributed by atoms with Gasteiger partial charge in [0.05, 0.1) is 40.1 Å². The molecule has 12 heteroatoms. The first kappa shape index (κ1) is 22.7. The lowest BCUT2D eigenvalue weighted by Gasteiger charge is -2.11. The van der Waals surface area contributed by atoms with Gasteiger partial charge in [0.25, 0.3) is 5.69 Å². The lowest BCUT2D eigenvalue weighted by atomic mass is 10.2. The predicted molar refractivity (Wildman–Crippen MR) is 116 cm³/mol. The van der Waals surface area contributed by atoms with Crippen LogP contribution in [0.3, 0.4) is 0 Å². The Bertz CT molecular complexity index is 1210. The largest absolute Gasteiger partial charge is 0.457 e. The van der Waals surface area contributed by atoms with Crippen LogP contribution in [0, 0.1) is 34.1 Å². The van der Waals surface area contributed by atoms with Gasteiger partial charge in [-0.15, -0.1) is 0 Å². The second-order valence-electron chi connectivity index (χ2n) is 6.91. The Morgan fingerprint density at radius 3 is 2.50 bits per heavy atom. The van der Waals surface area contributed by atoms with Gasteiger partial charge in [-0.3, -0.25) is 14.9 Å². The van der Waals surface area contributed by atoms with E-state index in [1.807, 2.05) is 0 Å². The van der Waals surface area contributed by atoms with Crippen molar-refractivity contribution in [1.29, 1.82) is 0 Å². The molecule has 11 nitrogen and oxygen atoms in total. The maximum atomic E-state index is 12.4. The van der Waals surface area contributed by atoms with E-state index in [9.17, 15) is 25.0 Å². The number of nitro benzene ring substituents is 1. The van der Waals surface area contributed by atoms with E-state index in [-0.39, 0.29) is 35.9 Å². The van der Waals surface area contributed by atoms with Crippen LogP contribution in [0.25, 0.3) is 0 Å². The number of anilines is 1. The SMILES string of the molecule is Cc1cc(Cl)ccc1Oc1cc(NC(=O)CCn2nc([N+](=O)[O-])cc2C)cc([N+](=O)[O-])c1. The molecule has 0 saturated heterocycles. The molecule has 0 aliphatic carbocycles. The van der Waals surface area contributed by atoms with E-state index in [1.165, 1.54) is 28.9 Å². The van der Waals surface area contributed by atoms with Gasteiger partial charge < -0.3 is 20.2 Å². The zero-order valence-corrected chi connectivity index (χ0v) is 17.8. The molecule has 0 aliphatic rings. The van der Waals surface area contributed by atoms with E-state index >= 15 is 0 Å². The lowest BCUT2D eigenvalue weighted by molar-refractivity contribution is -0.389. The number of aryl methyl sites for hydroxylation is 3. The number of non-ortho nitro benzene ring substituents is 1. The van der Waals surface area contributed by atoms with Gasteiger partial charge in [0, 0.05) is 23.6 Å². The Morgan fingerprint density at radius 1 is 1.12 bits per heavy atom. The number of hydrogen-bond donors (Lipinski definition) is 1. The zero-order chi connectivity index (χ0) is 23.4. The topological polar surface area (TPSA) is 142 Å². The van der Waals surface area contributed by atoms with Crippen molar-refractivity contribution in [3.05, 3.63) is 79.0 Å². The Kier molecular flexibility index (Phi) is 6.69. The molecule has 3 aromatic rings. The molecule has 0 aliphatic heterocycles. The molecule has 0 bridgehead atoms. The van der Waals surface area contributed by atoms with E-state index in [0.29, 0.717) is 16.5 Å². The van der Waals surface area contributed by atoms with E-state index < -0.39 is 15.8 Å². The molecule has 1 N–H and O–H groups in total. The van der Waals surface area contributed by atoms with E-state index in [0.717, 1.165) is 5.56 Å². The van der Waals surface area contributed by atoms with Crippen LogP contribution < -0.4 is 10.1 Å². The van der Waals surface area contributed by atoms with Crippen molar-refractivity contribution in [3.8, 4) is 11.5 Å². The first-order valence-electron chi connectivity index (χ1n) is 9.34. The molecule has 0 spiro atoms. The number of carbonyl (C=O) groups excluding carboxylic acids is 1. The number of benzene rings is 2. The third-order valence-electron chi connectivity index (χ3n) is 4.46. The third kappa shape index (κ3) is 5.58. The van der Waals surface area contributed by atoms with Crippen molar-refractivity contribution in [2.45, 2.75) is 26.8 Å². The number of aromatic nitrogens is 2. The maximum absolute atomic E-state index is 12.4. The maximum Gasteiger partial charge on any atom is 0.390 e. The quantitative estimate of drug-likeness (QED) is 0.376. The minimum atomic E-state index is -0.614. The molecule has 1 heterocycles. The Hall–Kier alpha value is -3.99. The summed E-state index contributed by atoms with van der Waals surface area (Å²) in [4.78, 5) is 33.3. The van der Waals surface area contributed by atoms with Crippen LogP contribution in [0.4, 0.5) is 17.2 Å². The summed E-state index contributed by atoms with van der Waals surface area (Å²) in [7, 11) is 0. The summed E-state index contributed by atoms with van der Waals surface area (Å²) in [5, 5.41) is 29.1. The number of halogens is 1. The molecule has 0 atom stereocenters. The highest BCUT2D eigenvalue weighted by atomic mass is 35.5. The fraction of sp³-hybridized carbons (Fsp3) is 0.200. The number of nitrogens with zero attached hydrogens (tertiary/aromatic N) is 4. The number of rotatable bonds is 8. The molecule has 3 rings (SSSR count). The van der Waals surface area contributed by atoms with Crippen LogP contribution in [-0.4, -0.2) is 25.5 Å². The molecule has 0 fully saturated rings. The Balaban J connectivity index is 1.74. The summed E-state index contributed by atoms with van der Waals surface area (Å²) in [6.45, 7) is 3.53. The van der Waals surface area contributed by atoms with Crippen molar-refractivity contribution < 1.29 is 19.4 Å². The van der Waals surface area contributed by atoms with Gasteiger partial charge in [-0.05, 0) is 42.5 Å². The average molecular weight is 460 g/mol. The summed E-state index contributed by atoms with van der Waals surface area (Å²) < 4.78 is 7.11. The number of nitrogens with one attached hydrogen (secondary N) is 1. The van der Waals surface area contributed by atoms with Gasteiger partial charge in [0.15, 0.2) is 0 Å². The predicted octanol–water partition coefficient (Wildman–Crippen LogP) is 4.79. The zero-order valence-electron chi connectivity index (χ0n) is 17.1. The lowest BCUT2D eigenvalue weighted by Crippen LogP contribution is -2.15. The van der Waals surface area contributed by atoms with Gasteiger partial charge in [-0.25, -0.2) is 0 Å². The van der Waals surface area contributed by atoms with Gasteiger partial charge in [0.2, 0.25) is 5.91 Å². The van der Waals surface area contributed by atoms with E-state index in [4.69, 9.17) is 16.3 Å². The molecule has 32 heavy (non-hydrogen) atoms. The van der Waals surface area contributed by atoms with Crippen molar-refractivity contribution in [2.24, 2.45) is 0 Å². The van der Waals surface area contributed by atoms with Crippen molar-refractivity contribution in [3.63, 3.8) is 0 Å². The summed E-state index contributed by atoms with van der Waals surface area (Å²) in [5.74, 6) is -0.126. The van der Waals surface area contributed by atoms with Crippen LogP contribution in [0.15, 0.2) is 42.5 Å². The van der Waals surface area contributed by atoms with Gasteiger partial charge in [-0.2, -0.15) is 4.68 Å². The van der Waals surface area contributed by atoms with Crippen molar-refractivity contribution in [1.82, 2.24) is 9.78 Å². The van der Waals surface area contributed by atoms with Gasteiger partial charge in [-0.1, -0.05) is 11.6 Å². The molecular weight excluding hydrogens is 442 g/mol. The monoisotopic (exact) mass is 459 g/mol. The number of hydrogen-bond acceptors (Lipinski definition) is 7. The van der Waals surface area contributed by atoms with Crippen LogP contribution >= 0.6 is 11.6 Å². The smallest absolute Gasteiger partial charge is 0.390 e. The molecule has 2 aromatic carbocycles. The number of ether oxygens (including phenoxy) is 1. The van der Waals surface area contributed by atoms with Gasteiger partial charge in [0.1, 0.15) is 11.5 Å². The summed E-state index contributed by atoms with van der Waals surface area (Å²) in [5.41, 5.74) is 1.18. The highest BCUT2D eigenvalue weighted by Crippen LogP contribution is 2.32. The van der Waals surface area contributed by atoms with Crippen LogP contribution in [0.1, 0.15) is 17.7 Å². The second-order valence-corrected chi connectivity index (χ2v) is 7.34. The first-order valence-corrected chi connectivity index (χ1v) is 9.72. The molecule has 1 aromatic heterocycles. The van der Waals surface area contributed by atoms with E-state index in [1.54, 1.807) is 32.0 Å². The van der Waals surface area contributed by atoms with Crippen LogP contribution in [0.2, 0.25) is 5.02 Å². The second kappa shape index (κ2) is 9.43. The molecule has 0 saturated carbocycles. The molecule has 166 valence electrons. The Labute approximate surface area is 186 Å². The molecule has 1 amide bonds. The van der Waals surface area contributed by atoms with Gasteiger partial charge >= 0.3 is 5.82 Å². The average Bonchev–Trinajstić information content (AvgIpc) is 3.09. The Morgan fingerprint density at radius 2 is 1.88 bits per heavy atom. The van der Waals surface area contributed by atoms with Crippen molar-refractivity contribution >= 4 is 34.7 Å². The fourth-order valence-electron chi connectivity index (χ4n) is 2.91. The van der Waals surface area contributed by atoms with Crippen LogP contribution in [0.5, 0.6) is 11.5 Å². The standard InChI is InChI=1S/C20H18ClN5O6/c1-12-7-14(21)3-4-18(12)32-17-10-15(9-16(11-17)25(28)29)22-20(27)5-6-24-13(2)8-19(23-24)26(30)31/h3-4,7-11H,5-6H2,1-2H3,(H,22,27). The molecular formula is C20H18ClN5O6. The highest BCUT2D eigenvalue weighted by molar-refractivity contribution is 6.30. The minimum absolute atomic E-state index is 0.0468. The summed E-state index contributed by atoms with van der Waals surface area (Å²) in [6.07, 6.45) is -0.0468. The molecule has 0 radical (unpaired) electrons. The first-order chi connectivity index (χ1) is 15.1. The summed E-state index contributed by atoms with van der Waals surface area (Å²) >= 11 is 5.94. The summed E-state index contributed by atoms with van der Waals surface area (Å²) in [6, 6.07) is 10.2. The number of carbonyl (C=O) groups is 1. The van der Waals surface area contributed by atoms with Crippen molar-refractivity contribution in [2.75, 3.05) is 5.32 Å². The normalized spacial score (nSPS) is 10.6. The van der Waals surface area contributed by atoms with E-state index in [2.05, 4.69) is 10.4 Å². The fourth-order valence-corrected chi connectivity index (χ4v) is 3.14. The number of nitro groups is 2. The minimum Gasteiger partial charge on any atom is -0.457 e. The third-order valence-corrected chi connectivity index (χ3v) is 4.69.